The van der Waals surface area contributed by atoms with Gasteiger partial charge in [0.2, 0.25) is 0 Å². The Hall–Kier alpha value is -7.16. The van der Waals surface area contributed by atoms with E-state index in [9.17, 15) is 0 Å². The van der Waals surface area contributed by atoms with Crippen molar-refractivity contribution in [2.24, 2.45) is 0 Å². The third-order valence-electron chi connectivity index (χ3n) is 12.6. The van der Waals surface area contributed by atoms with Gasteiger partial charge in [0.15, 0.2) is 0 Å². The van der Waals surface area contributed by atoms with Crippen LogP contribution in [0.4, 0.5) is 0 Å². The molecule has 2 aliphatic carbocycles. The Morgan fingerprint density at radius 1 is 0.327 bits per heavy atom. The monoisotopic (exact) mass is 698 g/mol. The van der Waals surface area contributed by atoms with Gasteiger partial charge in [0.05, 0.1) is 11.7 Å². The zero-order valence-corrected chi connectivity index (χ0v) is 29.6. The molecule has 2 heteroatoms. The van der Waals surface area contributed by atoms with Gasteiger partial charge in [0, 0.05) is 32.8 Å². The number of benzene rings is 9. The molecule has 1 spiro atoms. The fourth-order valence-corrected chi connectivity index (χ4v) is 10.5. The number of rotatable bonds is 2. The van der Waals surface area contributed by atoms with E-state index in [1.54, 1.807) is 0 Å². The first-order chi connectivity index (χ1) is 27.3. The number of hydrogen-bond acceptors (Lipinski definition) is 2. The Morgan fingerprint density at radius 2 is 0.855 bits per heavy atom. The fourth-order valence-electron chi connectivity index (χ4n) is 10.5. The lowest BCUT2D eigenvalue weighted by Crippen LogP contribution is -2.25. The third-order valence-corrected chi connectivity index (χ3v) is 12.6. The van der Waals surface area contributed by atoms with Gasteiger partial charge in [-0.2, -0.15) is 0 Å². The van der Waals surface area contributed by atoms with Crippen molar-refractivity contribution in [3.8, 4) is 44.5 Å². The standard InChI is InChI=1S/C53H30O2/c1-3-18-38-36(16-1)49(37-17-2-4-19-39(37)50(38)42-30-54-47-24-12-8-15-34(42)47)31-25-26-35-40-27-28-46-51(52(40)55-48(35)29-31)41-20-7-11-23-45(41)53(46)43-21-9-5-13-32(43)33-14-6-10-22-44(33)53/h1-30H. The summed E-state index contributed by atoms with van der Waals surface area (Å²) in [6.07, 6.45) is 1.92. The highest BCUT2D eigenvalue weighted by Crippen LogP contribution is 2.64. The highest BCUT2D eigenvalue weighted by molar-refractivity contribution is 6.24. The van der Waals surface area contributed by atoms with Gasteiger partial charge in [-0.1, -0.05) is 158 Å². The molecule has 0 atom stereocenters. The van der Waals surface area contributed by atoms with Crippen molar-refractivity contribution in [2.75, 3.05) is 0 Å². The summed E-state index contributed by atoms with van der Waals surface area (Å²) < 4.78 is 13.2. The van der Waals surface area contributed by atoms with Crippen LogP contribution in [0, 0.1) is 0 Å². The van der Waals surface area contributed by atoms with Gasteiger partial charge in [-0.15, -0.1) is 0 Å². The molecule has 2 aromatic heterocycles. The lowest BCUT2D eigenvalue weighted by Gasteiger charge is -2.30. The van der Waals surface area contributed by atoms with Crippen LogP contribution in [-0.4, -0.2) is 0 Å². The van der Waals surface area contributed by atoms with Gasteiger partial charge >= 0.3 is 0 Å². The number of hydrogen-bond donors (Lipinski definition) is 0. The molecule has 9 aromatic carbocycles. The fraction of sp³-hybridized carbons (Fsp3) is 0.0189. The van der Waals surface area contributed by atoms with E-state index in [0.29, 0.717) is 0 Å². The molecule has 13 rings (SSSR count). The maximum absolute atomic E-state index is 7.14. The molecule has 11 aromatic rings. The minimum atomic E-state index is -0.405. The minimum absolute atomic E-state index is 0.405. The molecule has 0 saturated carbocycles. The van der Waals surface area contributed by atoms with Crippen LogP contribution in [0.1, 0.15) is 22.3 Å². The maximum atomic E-state index is 7.14. The Labute approximate surface area is 316 Å². The van der Waals surface area contributed by atoms with Gasteiger partial charge in [-0.3, -0.25) is 0 Å². The lowest BCUT2D eigenvalue weighted by atomic mass is 9.70. The average Bonchev–Trinajstić information content (AvgIpc) is 3.99. The van der Waals surface area contributed by atoms with Crippen molar-refractivity contribution in [3.63, 3.8) is 0 Å². The van der Waals surface area contributed by atoms with Crippen LogP contribution >= 0.6 is 0 Å². The average molecular weight is 699 g/mol. The van der Waals surface area contributed by atoms with E-state index >= 15 is 0 Å². The topological polar surface area (TPSA) is 26.3 Å². The molecule has 55 heavy (non-hydrogen) atoms. The van der Waals surface area contributed by atoms with Crippen LogP contribution in [0.15, 0.2) is 191 Å². The van der Waals surface area contributed by atoms with Crippen LogP contribution in [0.2, 0.25) is 0 Å². The van der Waals surface area contributed by atoms with Crippen LogP contribution in [-0.2, 0) is 5.41 Å². The summed E-state index contributed by atoms with van der Waals surface area (Å²) in [4.78, 5) is 0. The third kappa shape index (κ3) is 3.60. The highest BCUT2D eigenvalue weighted by atomic mass is 16.3. The molecule has 0 fully saturated rings. The molecule has 2 heterocycles. The maximum Gasteiger partial charge on any atom is 0.143 e. The molecular weight excluding hydrogens is 669 g/mol. The highest BCUT2D eigenvalue weighted by Gasteiger charge is 2.52. The number of fused-ring (bicyclic) bond motifs is 17. The molecule has 0 radical (unpaired) electrons. The van der Waals surface area contributed by atoms with E-state index in [1.807, 2.05) is 18.4 Å². The molecule has 0 N–H and O–H groups in total. The Balaban J connectivity index is 1.08. The smallest absolute Gasteiger partial charge is 0.143 e. The Kier molecular flexibility index (Phi) is 5.59. The molecule has 254 valence electrons. The summed E-state index contributed by atoms with van der Waals surface area (Å²) in [6, 6.07) is 64.2. The number of para-hydroxylation sites is 1. The lowest BCUT2D eigenvalue weighted by molar-refractivity contribution is 0.617. The van der Waals surface area contributed by atoms with Gasteiger partial charge in [0.1, 0.15) is 16.7 Å². The summed E-state index contributed by atoms with van der Waals surface area (Å²) >= 11 is 0. The van der Waals surface area contributed by atoms with Crippen molar-refractivity contribution in [3.05, 3.63) is 204 Å². The van der Waals surface area contributed by atoms with Gasteiger partial charge in [0.25, 0.3) is 0 Å². The Bertz CT molecular complexity index is 3340. The predicted molar refractivity (Wildman–Crippen MR) is 226 cm³/mol. The molecule has 2 aliphatic rings. The normalized spacial score (nSPS) is 13.6. The second-order valence-electron chi connectivity index (χ2n) is 15.1. The first-order valence-corrected chi connectivity index (χ1v) is 19.0. The second kappa shape index (κ2) is 10.5. The SMILES string of the molecule is c1ccc2c(c1)-c1ccccc1C21c2ccccc2-c2c1ccc1c2oc2cc(-c3c4ccccc4c(-c4coc5ccccc45)c4ccccc34)ccc21. The summed E-state index contributed by atoms with van der Waals surface area (Å²) in [5, 5.41) is 8.19. The number of furan rings is 2. The quantitative estimate of drug-likeness (QED) is 0.168. The van der Waals surface area contributed by atoms with Gasteiger partial charge in [-0.05, 0) is 89.8 Å². The van der Waals surface area contributed by atoms with Gasteiger partial charge < -0.3 is 8.83 Å². The Morgan fingerprint density at radius 3 is 1.53 bits per heavy atom. The zero-order chi connectivity index (χ0) is 35.8. The van der Waals surface area contributed by atoms with Crippen LogP contribution in [0.25, 0.3) is 99.0 Å². The van der Waals surface area contributed by atoms with Crippen molar-refractivity contribution >= 4 is 54.5 Å². The first kappa shape index (κ1) is 29.3. The molecule has 0 aliphatic heterocycles. The van der Waals surface area contributed by atoms with E-state index < -0.39 is 5.41 Å². The molecule has 0 unspecified atom stereocenters. The van der Waals surface area contributed by atoms with E-state index in [2.05, 4.69) is 164 Å². The second-order valence-corrected chi connectivity index (χ2v) is 15.1. The van der Waals surface area contributed by atoms with Crippen molar-refractivity contribution in [1.82, 2.24) is 0 Å². The predicted octanol–water partition coefficient (Wildman–Crippen LogP) is 14.3. The summed E-state index contributed by atoms with van der Waals surface area (Å²) in [6.45, 7) is 0. The van der Waals surface area contributed by atoms with Crippen molar-refractivity contribution in [2.45, 2.75) is 5.41 Å². The van der Waals surface area contributed by atoms with E-state index in [4.69, 9.17) is 8.83 Å². The largest absolute Gasteiger partial charge is 0.464 e. The van der Waals surface area contributed by atoms with Crippen molar-refractivity contribution < 1.29 is 8.83 Å². The molecule has 0 saturated heterocycles. The summed E-state index contributed by atoms with van der Waals surface area (Å²) in [7, 11) is 0. The van der Waals surface area contributed by atoms with Crippen LogP contribution in [0.3, 0.4) is 0 Å². The minimum Gasteiger partial charge on any atom is -0.464 e. The first-order valence-electron chi connectivity index (χ1n) is 19.0. The van der Waals surface area contributed by atoms with E-state index in [-0.39, 0.29) is 0 Å². The van der Waals surface area contributed by atoms with Gasteiger partial charge in [-0.25, -0.2) is 0 Å². The molecule has 0 amide bonds. The van der Waals surface area contributed by atoms with E-state index in [0.717, 1.165) is 44.0 Å². The van der Waals surface area contributed by atoms with Crippen molar-refractivity contribution in [1.29, 1.82) is 0 Å². The zero-order valence-electron chi connectivity index (χ0n) is 29.6. The van der Waals surface area contributed by atoms with Crippen LogP contribution in [0.5, 0.6) is 0 Å². The molecule has 2 nitrogen and oxygen atoms in total. The van der Waals surface area contributed by atoms with Crippen LogP contribution < -0.4 is 0 Å². The molecular formula is C53H30O2. The van der Waals surface area contributed by atoms with E-state index in [1.165, 1.54) is 77.2 Å². The summed E-state index contributed by atoms with van der Waals surface area (Å²) in [5.41, 5.74) is 17.3. The summed E-state index contributed by atoms with van der Waals surface area (Å²) in [5.74, 6) is 0. The molecule has 0 bridgehead atoms.